The van der Waals surface area contributed by atoms with Gasteiger partial charge in [0.1, 0.15) is 18.3 Å². The van der Waals surface area contributed by atoms with Crippen molar-refractivity contribution in [3.63, 3.8) is 0 Å². The van der Waals surface area contributed by atoms with E-state index >= 15 is 0 Å². The summed E-state index contributed by atoms with van der Waals surface area (Å²) in [4.78, 5) is 1.99. The summed E-state index contributed by atoms with van der Waals surface area (Å²) in [7, 11) is 0. The van der Waals surface area contributed by atoms with Gasteiger partial charge < -0.3 is 29.9 Å². The van der Waals surface area contributed by atoms with Crippen molar-refractivity contribution >= 4 is 0 Å². The largest absolute Gasteiger partial charge is 0.389 e. The molecule has 0 spiro atoms. The van der Waals surface area contributed by atoms with Crippen molar-refractivity contribution in [3.05, 3.63) is 0 Å². The van der Waals surface area contributed by atoms with Crippen LogP contribution >= 0.6 is 0 Å². The second-order valence-electron chi connectivity index (χ2n) is 4.45. The zero-order chi connectivity index (χ0) is 12.4. The molecule has 5 atom stereocenters. The standard InChI is InChI=1S/C10H19NO6/c12-6(5-11-1-3-16-4-2-11)9-7(13)8(14)10(15)17-9/h6-10,12-15H,1-5H2/t6-,7-,8-,9-,10+/m1/s1. The van der Waals surface area contributed by atoms with E-state index in [0.29, 0.717) is 32.8 Å². The van der Waals surface area contributed by atoms with E-state index in [1.54, 1.807) is 0 Å². The highest BCUT2D eigenvalue weighted by Gasteiger charge is 2.45. The average molecular weight is 249 g/mol. The molecule has 2 aliphatic heterocycles. The van der Waals surface area contributed by atoms with E-state index in [1.807, 2.05) is 4.90 Å². The minimum Gasteiger partial charge on any atom is -0.389 e. The summed E-state index contributed by atoms with van der Waals surface area (Å²) >= 11 is 0. The van der Waals surface area contributed by atoms with Crippen molar-refractivity contribution in [1.82, 2.24) is 4.90 Å². The van der Waals surface area contributed by atoms with Crippen LogP contribution in [0, 0.1) is 0 Å². The third-order valence-electron chi connectivity index (χ3n) is 3.20. The van der Waals surface area contributed by atoms with Gasteiger partial charge in [-0.05, 0) is 0 Å². The van der Waals surface area contributed by atoms with Gasteiger partial charge in [0.05, 0.1) is 19.3 Å². The van der Waals surface area contributed by atoms with Gasteiger partial charge in [0.15, 0.2) is 6.29 Å². The van der Waals surface area contributed by atoms with Gasteiger partial charge in [-0.2, -0.15) is 0 Å². The third-order valence-corrected chi connectivity index (χ3v) is 3.20. The lowest BCUT2D eigenvalue weighted by Crippen LogP contribution is -2.47. The molecule has 4 N–H and O–H groups in total. The van der Waals surface area contributed by atoms with Gasteiger partial charge in [-0.3, -0.25) is 4.90 Å². The zero-order valence-electron chi connectivity index (χ0n) is 9.47. The van der Waals surface area contributed by atoms with Crippen LogP contribution in [0.3, 0.4) is 0 Å². The van der Waals surface area contributed by atoms with Gasteiger partial charge in [0.25, 0.3) is 0 Å². The van der Waals surface area contributed by atoms with Crippen molar-refractivity contribution in [1.29, 1.82) is 0 Å². The molecule has 0 aromatic rings. The molecular formula is C10H19NO6. The van der Waals surface area contributed by atoms with Gasteiger partial charge in [0, 0.05) is 19.6 Å². The van der Waals surface area contributed by atoms with Gasteiger partial charge in [-0.1, -0.05) is 0 Å². The number of aliphatic hydroxyl groups is 4. The lowest BCUT2D eigenvalue weighted by atomic mass is 10.1. The maximum atomic E-state index is 9.92. The summed E-state index contributed by atoms with van der Waals surface area (Å²) in [6.07, 6.45) is -5.97. The summed E-state index contributed by atoms with van der Waals surface area (Å²) in [6.45, 7) is 2.98. The molecule has 2 heterocycles. The Morgan fingerprint density at radius 3 is 2.29 bits per heavy atom. The van der Waals surface area contributed by atoms with Crippen LogP contribution in [0.15, 0.2) is 0 Å². The number of nitrogens with zero attached hydrogens (tertiary/aromatic N) is 1. The molecule has 100 valence electrons. The highest BCUT2D eigenvalue weighted by Crippen LogP contribution is 2.22. The predicted octanol–water partition coefficient (Wildman–Crippen LogP) is -2.88. The summed E-state index contributed by atoms with van der Waals surface area (Å²) in [6, 6.07) is 0. The SMILES string of the molecule is O[C@@H]1[C@@H](O)[C@@H](O)O[C@@H]1[C@H](O)CN1CCOCC1. The number of aliphatic hydroxyl groups excluding tert-OH is 4. The Labute approximate surface area is 99.2 Å². The average Bonchev–Trinajstić information content (AvgIpc) is 2.58. The van der Waals surface area contributed by atoms with E-state index in [4.69, 9.17) is 9.47 Å². The Bertz CT molecular complexity index is 247. The second-order valence-corrected chi connectivity index (χ2v) is 4.45. The fraction of sp³-hybridized carbons (Fsp3) is 1.00. The molecule has 7 heteroatoms. The number of morpholine rings is 1. The Morgan fingerprint density at radius 2 is 1.76 bits per heavy atom. The lowest BCUT2D eigenvalue weighted by molar-refractivity contribution is -0.149. The summed E-state index contributed by atoms with van der Waals surface area (Å²) in [5.74, 6) is 0. The Balaban J connectivity index is 1.85. The molecule has 0 unspecified atom stereocenters. The molecule has 0 saturated carbocycles. The quantitative estimate of drug-likeness (QED) is 0.426. The first kappa shape index (κ1) is 13.2. The number of β-amino-alcohol motifs (C(OH)–C–C–N with tert-alkyl or cyclic N) is 1. The molecule has 0 radical (unpaired) electrons. The zero-order valence-corrected chi connectivity index (χ0v) is 9.47. The van der Waals surface area contributed by atoms with E-state index in [0.717, 1.165) is 0 Å². The fourth-order valence-electron chi connectivity index (χ4n) is 2.16. The molecule has 17 heavy (non-hydrogen) atoms. The van der Waals surface area contributed by atoms with Crippen LogP contribution in [-0.2, 0) is 9.47 Å². The van der Waals surface area contributed by atoms with Crippen molar-refractivity contribution in [2.24, 2.45) is 0 Å². The number of rotatable bonds is 3. The van der Waals surface area contributed by atoms with Crippen molar-refractivity contribution in [3.8, 4) is 0 Å². The van der Waals surface area contributed by atoms with Crippen LogP contribution in [0.25, 0.3) is 0 Å². The molecule has 0 amide bonds. The van der Waals surface area contributed by atoms with Gasteiger partial charge in [-0.15, -0.1) is 0 Å². The van der Waals surface area contributed by atoms with E-state index in [9.17, 15) is 20.4 Å². The minimum absolute atomic E-state index is 0.324. The maximum Gasteiger partial charge on any atom is 0.184 e. The van der Waals surface area contributed by atoms with Crippen molar-refractivity contribution < 1.29 is 29.9 Å². The first-order valence-corrected chi connectivity index (χ1v) is 5.77. The Morgan fingerprint density at radius 1 is 1.12 bits per heavy atom. The van der Waals surface area contributed by atoms with Crippen molar-refractivity contribution in [2.45, 2.75) is 30.7 Å². The second kappa shape index (κ2) is 5.57. The molecule has 2 rings (SSSR count). The fourth-order valence-corrected chi connectivity index (χ4v) is 2.16. The van der Waals surface area contributed by atoms with E-state index < -0.39 is 30.7 Å². The molecule has 0 aliphatic carbocycles. The van der Waals surface area contributed by atoms with Crippen LogP contribution in [0.1, 0.15) is 0 Å². The topological polar surface area (TPSA) is 103 Å². The van der Waals surface area contributed by atoms with Gasteiger partial charge in [0.2, 0.25) is 0 Å². The molecule has 7 nitrogen and oxygen atoms in total. The van der Waals surface area contributed by atoms with Crippen LogP contribution < -0.4 is 0 Å². The highest BCUT2D eigenvalue weighted by molar-refractivity contribution is 4.91. The maximum absolute atomic E-state index is 9.92. The lowest BCUT2D eigenvalue weighted by Gasteiger charge is -2.30. The van der Waals surface area contributed by atoms with Crippen molar-refractivity contribution in [2.75, 3.05) is 32.8 Å². The number of hydrogen-bond acceptors (Lipinski definition) is 7. The Kier molecular flexibility index (Phi) is 4.31. The monoisotopic (exact) mass is 249 g/mol. The van der Waals surface area contributed by atoms with Crippen LogP contribution in [0.2, 0.25) is 0 Å². The molecule has 0 aromatic heterocycles. The van der Waals surface area contributed by atoms with E-state index in [1.165, 1.54) is 0 Å². The number of ether oxygens (including phenoxy) is 2. The first-order chi connectivity index (χ1) is 8.09. The third kappa shape index (κ3) is 2.94. The molecule has 2 fully saturated rings. The number of hydrogen-bond donors (Lipinski definition) is 4. The summed E-state index contributed by atoms with van der Waals surface area (Å²) in [5.41, 5.74) is 0. The minimum atomic E-state index is -1.44. The summed E-state index contributed by atoms with van der Waals surface area (Å²) in [5, 5.41) is 38.0. The highest BCUT2D eigenvalue weighted by atomic mass is 16.6. The normalized spacial score (nSPS) is 41.6. The predicted molar refractivity (Wildman–Crippen MR) is 56.2 cm³/mol. The molecule has 0 aromatic carbocycles. The van der Waals surface area contributed by atoms with E-state index in [2.05, 4.69) is 0 Å². The smallest absolute Gasteiger partial charge is 0.184 e. The van der Waals surface area contributed by atoms with E-state index in [-0.39, 0.29) is 0 Å². The molecule has 0 bridgehead atoms. The Hall–Kier alpha value is -0.280. The van der Waals surface area contributed by atoms with Crippen LogP contribution in [0.5, 0.6) is 0 Å². The first-order valence-electron chi connectivity index (χ1n) is 5.77. The molecule has 2 aliphatic rings. The molecular weight excluding hydrogens is 230 g/mol. The van der Waals surface area contributed by atoms with Gasteiger partial charge >= 0.3 is 0 Å². The summed E-state index contributed by atoms with van der Waals surface area (Å²) < 4.78 is 10.1. The van der Waals surface area contributed by atoms with Crippen LogP contribution in [-0.4, -0.2) is 88.9 Å². The molecule has 2 saturated heterocycles. The van der Waals surface area contributed by atoms with Gasteiger partial charge in [-0.25, -0.2) is 0 Å². The van der Waals surface area contributed by atoms with Crippen LogP contribution in [0.4, 0.5) is 0 Å².